The van der Waals surface area contributed by atoms with E-state index in [1.54, 1.807) is 24.3 Å². The average Bonchev–Trinajstić information content (AvgIpc) is 2.44. The monoisotopic (exact) mass is 307 g/mol. The van der Waals surface area contributed by atoms with E-state index in [4.69, 9.17) is 23.2 Å². The van der Waals surface area contributed by atoms with Gasteiger partial charge in [-0.05, 0) is 36.4 Å². The Morgan fingerprint density at radius 1 is 0.950 bits per heavy atom. The molecule has 0 fully saturated rings. The number of nitrogens with one attached hydrogen (secondary N) is 1. The predicted molar refractivity (Wildman–Crippen MR) is 79.2 cm³/mol. The summed E-state index contributed by atoms with van der Waals surface area (Å²) in [6, 6.07) is 9.47. The first-order valence-electron chi connectivity index (χ1n) is 5.76. The minimum atomic E-state index is -0.343. The first kappa shape index (κ1) is 13.1. The van der Waals surface area contributed by atoms with Gasteiger partial charge in [0.05, 0.1) is 15.6 Å². The summed E-state index contributed by atoms with van der Waals surface area (Å²) in [6.45, 7) is 0. The second kappa shape index (κ2) is 5.23. The van der Waals surface area contributed by atoms with E-state index in [0.717, 1.165) is 0 Å². The summed E-state index contributed by atoms with van der Waals surface area (Å²) in [7, 11) is 0. The number of aromatic nitrogens is 2. The van der Waals surface area contributed by atoms with Crippen molar-refractivity contribution in [3.05, 3.63) is 58.6 Å². The zero-order valence-electron chi connectivity index (χ0n) is 10.1. The number of rotatable bonds is 2. The van der Waals surface area contributed by atoms with Crippen LogP contribution in [0.15, 0.2) is 42.7 Å². The van der Waals surface area contributed by atoms with E-state index in [-0.39, 0.29) is 5.82 Å². The van der Waals surface area contributed by atoms with Crippen molar-refractivity contribution in [3.8, 4) is 0 Å². The molecule has 3 rings (SSSR count). The van der Waals surface area contributed by atoms with Gasteiger partial charge in [-0.1, -0.05) is 23.2 Å². The molecule has 100 valence electrons. The summed E-state index contributed by atoms with van der Waals surface area (Å²) < 4.78 is 13.4. The van der Waals surface area contributed by atoms with Crippen LogP contribution in [-0.4, -0.2) is 9.97 Å². The van der Waals surface area contributed by atoms with Crippen molar-refractivity contribution in [1.82, 2.24) is 9.97 Å². The molecular formula is C14H8Cl2FN3. The fourth-order valence-corrected chi connectivity index (χ4v) is 2.14. The number of halogens is 3. The Balaban J connectivity index is 2.05. The van der Waals surface area contributed by atoms with Gasteiger partial charge in [0.25, 0.3) is 0 Å². The van der Waals surface area contributed by atoms with E-state index in [0.29, 0.717) is 32.5 Å². The van der Waals surface area contributed by atoms with E-state index in [9.17, 15) is 4.39 Å². The van der Waals surface area contributed by atoms with Crippen molar-refractivity contribution in [3.63, 3.8) is 0 Å². The molecule has 0 bridgehead atoms. The number of fused-ring (bicyclic) bond motifs is 1. The summed E-state index contributed by atoms with van der Waals surface area (Å²) in [5.41, 5.74) is 1.37. The van der Waals surface area contributed by atoms with Crippen molar-refractivity contribution in [2.24, 2.45) is 0 Å². The molecule has 6 heteroatoms. The molecule has 1 aromatic heterocycles. The molecule has 0 amide bonds. The molecule has 1 heterocycles. The summed E-state index contributed by atoms with van der Waals surface area (Å²) in [5.74, 6) is 0.164. The highest BCUT2D eigenvalue weighted by molar-refractivity contribution is 6.42. The van der Waals surface area contributed by atoms with Crippen LogP contribution < -0.4 is 5.32 Å². The van der Waals surface area contributed by atoms with Crippen molar-refractivity contribution in [2.45, 2.75) is 0 Å². The molecule has 0 spiro atoms. The van der Waals surface area contributed by atoms with Gasteiger partial charge in [0, 0.05) is 11.1 Å². The Labute approximate surface area is 124 Å². The molecule has 0 unspecified atom stereocenters. The van der Waals surface area contributed by atoms with E-state index >= 15 is 0 Å². The minimum absolute atomic E-state index is 0.343. The number of anilines is 2. The molecule has 20 heavy (non-hydrogen) atoms. The molecule has 2 aromatic carbocycles. The van der Waals surface area contributed by atoms with Gasteiger partial charge in [0.2, 0.25) is 0 Å². The van der Waals surface area contributed by atoms with Gasteiger partial charge in [-0.15, -0.1) is 0 Å². The standard InChI is InChI=1S/C14H8Cl2FN3/c15-11-3-2-9(6-12(11)16)20-14-10-5-8(17)1-4-13(10)18-7-19-14/h1-7H,(H,18,19,20). The van der Waals surface area contributed by atoms with E-state index in [2.05, 4.69) is 15.3 Å². The van der Waals surface area contributed by atoms with Crippen LogP contribution in [0.25, 0.3) is 10.9 Å². The Hall–Kier alpha value is -1.91. The fraction of sp³-hybridized carbons (Fsp3) is 0. The van der Waals surface area contributed by atoms with Gasteiger partial charge < -0.3 is 5.32 Å². The van der Waals surface area contributed by atoms with Gasteiger partial charge in [0.1, 0.15) is 18.0 Å². The van der Waals surface area contributed by atoms with Crippen LogP contribution in [0.3, 0.4) is 0 Å². The van der Waals surface area contributed by atoms with Crippen molar-refractivity contribution in [2.75, 3.05) is 5.32 Å². The molecule has 3 aromatic rings. The molecular weight excluding hydrogens is 300 g/mol. The molecule has 0 radical (unpaired) electrons. The summed E-state index contributed by atoms with van der Waals surface area (Å²) in [4.78, 5) is 8.22. The fourth-order valence-electron chi connectivity index (χ4n) is 1.84. The molecule has 0 saturated carbocycles. The third-order valence-electron chi connectivity index (χ3n) is 2.78. The lowest BCUT2D eigenvalue weighted by molar-refractivity contribution is 0.629. The number of benzene rings is 2. The lowest BCUT2D eigenvalue weighted by Gasteiger charge is -2.09. The van der Waals surface area contributed by atoms with Gasteiger partial charge in [0.15, 0.2) is 0 Å². The first-order valence-corrected chi connectivity index (χ1v) is 6.51. The molecule has 0 aliphatic rings. The number of hydrogen-bond acceptors (Lipinski definition) is 3. The van der Waals surface area contributed by atoms with Crippen LogP contribution >= 0.6 is 23.2 Å². The van der Waals surface area contributed by atoms with Gasteiger partial charge >= 0.3 is 0 Å². The first-order chi connectivity index (χ1) is 9.63. The third kappa shape index (κ3) is 2.53. The molecule has 0 aliphatic heterocycles. The highest BCUT2D eigenvalue weighted by Gasteiger charge is 2.06. The van der Waals surface area contributed by atoms with Crippen LogP contribution in [0.1, 0.15) is 0 Å². The maximum absolute atomic E-state index is 13.4. The Morgan fingerprint density at radius 3 is 2.60 bits per heavy atom. The van der Waals surface area contributed by atoms with E-state index in [1.165, 1.54) is 18.5 Å². The third-order valence-corrected chi connectivity index (χ3v) is 3.52. The van der Waals surface area contributed by atoms with Gasteiger partial charge in [-0.25, -0.2) is 14.4 Å². The average molecular weight is 308 g/mol. The normalized spacial score (nSPS) is 10.8. The van der Waals surface area contributed by atoms with E-state index < -0.39 is 0 Å². The largest absolute Gasteiger partial charge is 0.340 e. The Bertz CT molecular complexity index is 792. The van der Waals surface area contributed by atoms with Crippen molar-refractivity contribution in [1.29, 1.82) is 0 Å². The quantitative estimate of drug-likeness (QED) is 0.737. The number of nitrogens with zero attached hydrogens (tertiary/aromatic N) is 2. The topological polar surface area (TPSA) is 37.8 Å². The van der Waals surface area contributed by atoms with Crippen LogP contribution in [-0.2, 0) is 0 Å². The zero-order chi connectivity index (χ0) is 14.1. The summed E-state index contributed by atoms with van der Waals surface area (Å²) in [5, 5.41) is 4.58. The maximum Gasteiger partial charge on any atom is 0.141 e. The van der Waals surface area contributed by atoms with Crippen LogP contribution in [0.5, 0.6) is 0 Å². The number of hydrogen-bond donors (Lipinski definition) is 1. The molecule has 0 aliphatic carbocycles. The molecule has 3 nitrogen and oxygen atoms in total. The van der Waals surface area contributed by atoms with Crippen LogP contribution in [0, 0.1) is 5.82 Å². The van der Waals surface area contributed by atoms with Crippen molar-refractivity contribution < 1.29 is 4.39 Å². The zero-order valence-corrected chi connectivity index (χ0v) is 11.6. The van der Waals surface area contributed by atoms with Crippen LogP contribution in [0.2, 0.25) is 10.0 Å². The second-order valence-electron chi connectivity index (χ2n) is 4.14. The SMILES string of the molecule is Fc1ccc2ncnc(Nc3ccc(Cl)c(Cl)c3)c2c1. The Kier molecular flexibility index (Phi) is 3.42. The lowest BCUT2D eigenvalue weighted by atomic mass is 10.2. The summed E-state index contributed by atoms with van der Waals surface area (Å²) in [6.07, 6.45) is 1.42. The Morgan fingerprint density at radius 2 is 1.80 bits per heavy atom. The molecule has 0 atom stereocenters. The maximum atomic E-state index is 13.4. The van der Waals surface area contributed by atoms with Gasteiger partial charge in [-0.3, -0.25) is 0 Å². The molecule has 0 saturated heterocycles. The van der Waals surface area contributed by atoms with E-state index in [1.807, 2.05) is 0 Å². The lowest BCUT2D eigenvalue weighted by Crippen LogP contribution is -1.96. The predicted octanol–water partition coefficient (Wildman–Crippen LogP) is 4.82. The minimum Gasteiger partial charge on any atom is -0.340 e. The highest BCUT2D eigenvalue weighted by atomic mass is 35.5. The smallest absolute Gasteiger partial charge is 0.141 e. The van der Waals surface area contributed by atoms with Crippen LogP contribution in [0.4, 0.5) is 15.9 Å². The highest BCUT2D eigenvalue weighted by Crippen LogP contribution is 2.28. The van der Waals surface area contributed by atoms with Gasteiger partial charge in [-0.2, -0.15) is 0 Å². The molecule has 1 N–H and O–H groups in total. The van der Waals surface area contributed by atoms with Crippen molar-refractivity contribution >= 4 is 45.6 Å². The second-order valence-corrected chi connectivity index (χ2v) is 4.95. The summed E-state index contributed by atoms with van der Waals surface area (Å²) >= 11 is 11.8.